The Kier molecular flexibility index (Phi) is 8.30. The van der Waals surface area contributed by atoms with E-state index in [0.717, 1.165) is 5.56 Å². The summed E-state index contributed by atoms with van der Waals surface area (Å²) in [7, 11) is 2.40. The topological polar surface area (TPSA) is 85.4 Å². The van der Waals surface area contributed by atoms with Crippen molar-refractivity contribution in [1.29, 1.82) is 0 Å². The van der Waals surface area contributed by atoms with Gasteiger partial charge in [-0.2, -0.15) is 0 Å². The minimum Gasteiger partial charge on any atom is -0.489 e. The molecule has 1 aliphatic heterocycles. The number of nitrogens with zero attached hydrogens (tertiary/aromatic N) is 2. The molecule has 2 aromatic rings. The molecule has 1 unspecified atom stereocenters. The molecule has 3 rings (SSSR count). The third-order valence-electron chi connectivity index (χ3n) is 5.76. The predicted octanol–water partition coefficient (Wildman–Crippen LogP) is 3.83. The van der Waals surface area contributed by atoms with Gasteiger partial charge in [-0.25, -0.2) is 14.6 Å². The van der Waals surface area contributed by atoms with E-state index in [4.69, 9.17) is 14.2 Å². The van der Waals surface area contributed by atoms with E-state index in [9.17, 15) is 14.4 Å². The molecule has 0 aliphatic carbocycles. The number of carbonyl (C=O) groups is 3. The molecule has 35 heavy (non-hydrogen) atoms. The zero-order valence-electron chi connectivity index (χ0n) is 21.0. The number of methoxy groups -OCH3 is 2. The summed E-state index contributed by atoms with van der Waals surface area (Å²) in [6, 6.07) is 15.9. The number of hydrogen-bond donors (Lipinski definition) is 0. The van der Waals surface area contributed by atoms with E-state index in [1.165, 1.54) is 19.2 Å². The molecule has 0 N–H and O–H groups in total. The monoisotopic (exact) mass is 480 g/mol. The molecule has 0 saturated heterocycles. The Morgan fingerprint density at radius 1 is 0.886 bits per heavy atom. The number of rotatable bonds is 9. The fraction of sp³-hybridized carbons (Fsp3) is 0.370. The summed E-state index contributed by atoms with van der Waals surface area (Å²) in [6.07, 6.45) is 0. The van der Waals surface area contributed by atoms with Crippen molar-refractivity contribution in [1.82, 2.24) is 10.0 Å². The lowest BCUT2D eigenvalue weighted by Crippen LogP contribution is -2.53. The largest absolute Gasteiger partial charge is 0.489 e. The number of hydrogen-bond acceptors (Lipinski definition) is 7. The van der Waals surface area contributed by atoms with Crippen molar-refractivity contribution >= 4 is 17.8 Å². The Labute approximate surface area is 206 Å². The van der Waals surface area contributed by atoms with E-state index >= 15 is 0 Å². The standard InChI is InChI=1S/C27H32N2O6/c1-17(2)28(18(3)4)29-24(22(26(31)33-5)23(25(29)30)27(32)34-6)20-12-14-21(15-13-20)35-16-19-10-8-7-9-11-19/h7-15,17-18,24H,16H2,1-6H3. The lowest BCUT2D eigenvalue weighted by atomic mass is 9.97. The Bertz CT molecular complexity index is 1080. The van der Waals surface area contributed by atoms with Crippen LogP contribution in [0.25, 0.3) is 0 Å². The molecular weight excluding hydrogens is 448 g/mol. The van der Waals surface area contributed by atoms with Gasteiger partial charge in [-0.1, -0.05) is 42.5 Å². The molecule has 186 valence electrons. The summed E-state index contributed by atoms with van der Waals surface area (Å²) in [5.74, 6) is -1.61. The van der Waals surface area contributed by atoms with Crippen molar-refractivity contribution in [2.24, 2.45) is 0 Å². The smallest absolute Gasteiger partial charge is 0.344 e. The Morgan fingerprint density at radius 3 is 1.97 bits per heavy atom. The van der Waals surface area contributed by atoms with Crippen LogP contribution in [-0.2, 0) is 30.5 Å². The van der Waals surface area contributed by atoms with Crippen LogP contribution in [0, 0.1) is 0 Å². The second kappa shape index (κ2) is 11.2. The third-order valence-corrected chi connectivity index (χ3v) is 5.76. The van der Waals surface area contributed by atoms with Gasteiger partial charge in [0.2, 0.25) is 0 Å². The number of carbonyl (C=O) groups excluding carboxylic acids is 3. The Balaban J connectivity index is 2.05. The number of benzene rings is 2. The lowest BCUT2D eigenvalue weighted by molar-refractivity contribution is -0.158. The first-order valence-electron chi connectivity index (χ1n) is 11.5. The number of amides is 1. The summed E-state index contributed by atoms with van der Waals surface area (Å²) in [6.45, 7) is 8.18. The molecule has 0 bridgehead atoms. The number of ether oxygens (including phenoxy) is 3. The fourth-order valence-electron chi connectivity index (χ4n) is 4.36. The highest BCUT2D eigenvalue weighted by molar-refractivity contribution is 6.23. The average Bonchev–Trinajstić information content (AvgIpc) is 3.14. The van der Waals surface area contributed by atoms with Crippen LogP contribution in [-0.4, -0.2) is 54.2 Å². The highest BCUT2D eigenvalue weighted by Gasteiger charge is 2.50. The van der Waals surface area contributed by atoms with Gasteiger partial charge in [0.25, 0.3) is 5.91 Å². The Morgan fingerprint density at radius 2 is 1.46 bits per heavy atom. The van der Waals surface area contributed by atoms with Gasteiger partial charge in [0, 0.05) is 12.1 Å². The first kappa shape index (κ1) is 26.0. The molecule has 1 amide bonds. The van der Waals surface area contributed by atoms with E-state index in [1.54, 1.807) is 24.3 Å². The van der Waals surface area contributed by atoms with E-state index < -0.39 is 23.9 Å². The summed E-state index contributed by atoms with van der Waals surface area (Å²) in [4.78, 5) is 39.1. The van der Waals surface area contributed by atoms with Gasteiger partial charge in [0.1, 0.15) is 24.0 Å². The quantitative estimate of drug-likeness (QED) is 0.398. The molecule has 8 nitrogen and oxygen atoms in total. The van der Waals surface area contributed by atoms with Crippen LogP contribution in [0.4, 0.5) is 0 Å². The molecule has 1 heterocycles. The van der Waals surface area contributed by atoms with Crippen LogP contribution in [0.2, 0.25) is 0 Å². The molecule has 0 radical (unpaired) electrons. The van der Waals surface area contributed by atoms with Crippen molar-refractivity contribution in [2.45, 2.75) is 52.4 Å². The average molecular weight is 481 g/mol. The van der Waals surface area contributed by atoms with Crippen LogP contribution in [0.3, 0.4) is 0 Å². The fourth-order valence-corrected chi connectivity index (χ4v) is 4.36. The lowest BCUT2D eigenvalue weighted by Gasteiger charge is -2.42. The van der Waals surface area contributed by atoms with E-state index in [-0.39, 0.29) is 23.2 Å². The van der Waals surface area contributed by atoms with Gasteiger partial charge in [-0.3, -0.25) is 9.80 Å². The predicted molar refractivity (Wildman–Crippen MR) is 130 cm³/mol. The summed E-state index contributed by atoms with van der Waals surface area (Å²) >= 11 is 0. The van der Waals surface area contributed by atoms with Crippen molar-refractivity contribution < 1.29 is 28.6 Å². The Hall–Kier alpha value is -3.65. The van der Waals surface area contributed by atoms with Gasteiger partial charge in [-0.15, -0.1) is 0 Å². The first-order valence-corrected chi connectivity index (χ1v) is 11.5. The van der Waals surface area contributed by atoms with E-state index in [1.807, 2.05) is 63.0 Å². The summed E-state index contributed by atoms with van der Waals surface area (Å²) in [5.41, 5.74) is 1.30. The summed E-state index contributed by atoms with van der Waals surface area (Å²) < 4.78 is 15.7. The second-order valence-electron chi connectivity index (χ2n) is 8.73. The number of esters is 2. The zero-order valence-corrected chi connectivity index (χ0v) is 21.0. The zero-order chi connectivity index (χ0) is 25.7. The van der Waals surface area contributed by atoms with Crippen LogP contribution >= 0.6 is 0 Å². The maximum atomic E-state index is 13.6. The van der Waals surface area contributed by atoms with Gasteiger partial charge >= 0.3 is 11.9 Å². The first-order chi connectivity index (χ1) is 16.7. The van der Waals surface area contributed by atoms with Gasteiger partial charge in [0.05, 0.1) is 19.8 Å². The van der Waals surface area contributed by atoms with Gasteiger partial charge in [-0.05, 0) is 51.0 Å². The third kappa shape index (κ3) is 5.38. The summed E-state index contributed by atoms with van der Waals surface area (Å²) in [5, 5.41) is 3.32. The van der Waals surface area contributed by atoms with Crippen LogP contribution in [0.5, 0.6) is 5.75 Å². The number of hydrazine groups is 1. The SMILES string of the molecule is COC(=O)C1=C(C(=O)OC)C(c2ccc(OCc3ccccc3)cc2)N(N(C(C)C)C(C)C)C1=O. The maximum absolute atomic E-state index is 13.6. The highest BCUT2D eigenvalue weighted by Crippen LogP contribution is 2.41. The van der Waals surface area contributed by atoms with Crippen molar-refractivity contribution in [3.05, 3.63) is 76.9 Å². The van der Waals surface area contributed by atoms with Gasteiger partial charge < -0.3 is 14.2 Å². The van der Waals surface area contributed by atoms with Crippen LogP contribution in [0.15, 0.2) is 65.7 Å². The van der Waals surface area contributed by atoms with Crippen molar-refractivity contribution in [2.75, 3.05) is 14.2 Å². The maximum Gasteiger partial charge on any atom is 0.344 e. The molecule has 1 atom stereocenters. The molecular formula is C27H32N2O6. The van der Waals surface area contributed by atoms with E-state index in [2.05, 4.69) is 0 Å². The van der Waals surface area contributed by atoms with E-state index in [0.29, 0.717) is 17.9 Å². The molecule has 2 aromatic carbocycles. The van der Waals surface area contributed by atoms with Crippen molar-refractivity contribution in [3.8, 4) is 5.75 Å². The molecule has 0 fully saturated rings. The van der Waals surface area contributed by atoms with Crippen molar-refractivity contribution in [3.63, 3.8) is 0 Å². The molecule has 0 spiro atoms. The minimum absolute atomic E-state index is 0.0476. The van der Waals surface area contributed by atoms with Crippen LogP contribution < -0.4 is 4.74 Å². The normalized spacial score (nSPS) is 15.9. The molecule has 1 aliphatic rings. The molecule has 0 aromatic heterocycles. The second-order valence-corrected chi connectivity index (χ2v) is 8.73. The minimum atomic E-state index is -0.877. The molecule has 8 heteroatoms. The molecule has 0 saturated carbocycles. The van der Waals surface area contributed by atoms with Crippen LogP contribution in [0.1, 0.15) is 44.9 Å². The highest BCUT2D eigenvalue weighted by atomic mass is 16.5. The van der Waals surface area contributed by atoms with Gasteiger partial charge in [0.15, 0.2) is 0 Å².